The van der Waals surface area contributed by atoms with Crippen molar-refractivity contribution in [2.24, 2.45) is 0 Å². The lowest BCUT2D eigenvalue weighted by Gasteiger charge is -2.15. The first-order valence-corrected chi connectivity index (χ1v) is 7.42. The van der Waals surface area contributed by atoms with E-state index >= 15 is 0 Å². The topological polar surface area (TPSA) is 24.9 Å². The summed E-state index contributed by atoms with van der Waals surface area (Å²) in [6.07, 6.45) is 0.923. The van der Waals surface area contributed by atoms with Gasteiger partial charge in [0.1, 0.15) is 0 Å². The molecule has 5 heteroatoms. The summed E-state index contributed by atoms with van der Waals surface area (Å²) < 4.78 is 0. The molecular weight excluding hydrogens is 287 g/mol. The fourth-order valence-electron chi connectivity index (χ4n) is 1.74. The van der Waals surface area contributed by atoms with Crippen LogP contribution in [0.25, 0.3) is 0 Å². The predicted molar refractivity (Wildman–Crippen MR) is 78.7 cm³/mol. The van der Waals surface area contributed by atoms with E-state index in [1.165, 1.54) is 0 Å². The summed E-state index contributed by atoms with van der Waals surface area (Å²) in [7, 11) is 0. The molecule has 0 saturated heterocycles. The molecule has 0 aliphatic rings. The van der Waals surface area contributed by atoms with Crippen molar-refractivity contribution in [3.8, 4) is 0 Å². The van der Waals surface area contributed by atoms with E-state index in [-0.39, 0.29) is 6.04 Å². The van der Waals surface area contributed by atoms with Crippen LogP contribution in [0.3, 0.4) is 0 Å². The minimum Gasteiger partial charge on any atom is -0.310 e. The SMILES string of the molecule is CC(NCCc1cscn1)c1cccc(Cl)c1Cl. The van der Waals surface area contributed by atoms with Gasteiger partial charge in [-0.2, -0.15) is 0 Å². The first-order valence-electron chi connectivity index (χ1n) is 5.73. The van der Waals surface area contributed by atoms with Gasteiger partial charge in [-0.15, -0.1) is 11.3 Å². The Bertz CT molecular complexity index is 500. The van der Waals surface area contributed by atoms with Crippen LogP contribution in [0.4, 0.5) is 0 Å². The van der Waals surface area contributed by atoms with Crippen LogP contribution in [0.1, 0.15) is 24.2 Å². The normalized spacial score (nSPS) is 12.6. The molecule has 0 amide bonds. The summed E-state index contributed by atoms with van der Waals surface area (Å²) in [6.45, 7) is 2.95. The highest BCUT2D eigenvalue weighted by atomic mass is 35.5. The molecule has 2 rings (SSSR count). The molecule has 0 aliphatic heterocycles. The summed E-state index contributed by atoms with van der Waals surface area (Å²) in [4.78, 5) is 4.25. The van der Waals surface area contributed by atoms with Crippen molar-refractivity contribution in [2.75, 3.05) is 6.54 Å². The molecule has 0 saturated carbocycles. The average Bonchev–Trinajstić information content (AvgIpc) is 2.85. The Balaban J connectivity index is 1.91. The molecule has 18 heavy (non-hydrogen) atoms. The van der Waals surface area contributed by atoms with Gasteiger partial charge in [-0.3, -0.25) is 0 Å². The van der Waals surface area contributed by atoms with E-state index < -0.39 is 0 Å². The highest BCUT2D eigenvalue weighted by Gasteiger charge is 2.11. The summed E-state index contributed by atoms with van der Waals surface area (Å²) in [6, 6.07) is 5.89. The number of halogens is 2. The van der Waals surface area contributed by atoms with Gasteiger partial charge in [0.2, 0.25) is 0 Å². The molecule has 1 atom stereocenters. The third-order valence-electron chi connectivity index (χ3n) is 2.76. The van der Waals surface area contributed by atoms with Crippen molar-refractivity contribution < 1.29 is 0 Å². The van der Waals surface area contributed by atoms with Crippen LogP contribution in [0.5, 0.6) is 0 Å². The number of thiazole rings is 1. The van der Waals surface area contributed by atoms with Crippen LogP contribution in [0.2, 0.25) is 10.0 Å². The number of nitrogens with one attached hydrogen (secondary N) is 1. The van der Waals surface area contributed by atoms with Gasteiger partial charge in [0.05, 0.1) is 21.2 Å². The van der Waals surface area contributed by atoms with Crippen molar-refractivity contribution in [2.45, 2.75) is 19.4 Å². The van der Waals surface area contributed by atoms with Crippen molar-refractivity contribution in [1.29, 1.82) is 0 Å². The molecule has 1 aromatic heterocycles. The number of hydrogen-bond donors (Lipinski definition) is 1. The number of hydrogen-bond acceptors (Lipinski definition) is 3. The van der Waals surface area contributed by atoms with Crippen LogP contribution in [0, 0.1) is 0 Å². The minimum atomic E-state index is 0.176. The van der Waals surface area contributed by atoms with E-state index in [1.54, 1.807) is 17.4 Å². The van der Waals surface area contributed by atoms with Gasteiger partial charge >= 0.3 is 0 Å². The van der Waals surface area contributed by atoms with Crippen LogP contribution < -0.4 is 5.32 Å². The van der Waals surface area contributed by atoms with Gasteiger partial charge in [-0.1, -0.05) is 35.3 Å². The average molecular weight is 301 g/mol. The Labute approximate surface area is 121 Å². The van der Waals surface area contributed by atoms with Crippen LogP contribution in [-0.2, 0) is 6.42 Å². The highest BCUT2D eigenvalue weighted by molar-refractivity contribution is 7.07. The van der Waals surface area contributed by atoms with E-state index in [1.807, 2.05) is 17.6 Å². The third kappa shape index (κ3) is 3.45. The van der Waals surface area contributed by atoms with Crippen LogP contribution >= 0.6 is 34.5 Å². The molecule has 1 aromatic carbocycles. The second-order valence-electron chi connectivity index (χ2n) is 4.05. The Kier molecular flexibility index (Phi) is 5.01. The number of aromatic nitrogens is 1. The van der Waals surface area contributed by atoms with Crippen molar-refractivity contribution in [3.05, 3.63) is 50.4 Å². The summed E-state index contributed by atoms with van der Waals surface area (Å²) >= 11 is 13.8. The Morgan fingerprint density at radius 3 is 2.94 bits per heavy atom. The van der Waals surface area contributed by atoms with E-state index in [9.17, 15) is 0 Å². The Morgan fingerprint density at radius 2 is 2.22 bits per heavy atom. The lowest BCUT2D eigenvalue weighted by atomic mass is 10.1. The molecule has 2 aromatic rings. The molecule has 0 spiro atoms. The quantitative estimate of drug-likeness (QED) is 0.888. The standard InChI is InChI=1S/C13H14Cl2N2S/c1-9(11-3-2-4-12(14)13(11)15)16-6-5-10-7-18-8-17-10/h2-4,7-9,16H,5-6H2,1H3. The van der Waals surface area contributed by atoms with Gasteiger partial charge in [0, 0.05) is 24.4 Å². The van der Waals surface area contributed by atoms with Crippen LogP contribution in [-0.4, -0.2) is 11.5 Å². The Morgan fingerprint density at radius 1 is 1.39 bits per heavy atom. The predicted octanol–water partition coefficient (Wildman–Crippen LogP) is 4.34. The van der Waals surface area contributed by atoms with E-state index in [4.69, 9.17) is 23.2 Å². The maximum Gasteiger partial charge on any atom is 0.0794 e. The molecule has 1 N–H and O–H groups in total. The molecular formula is C13H14Cl2N2S. The summed E-state index contributed by atoms with van der Waals surface area (Å²) in [5.41, 5.74) is 4.01. The van der Waals surface area contributed by atoms with Gasteiger partial charge in [-0.25, -0.2) is 4.98 Å². The number of nitrogens with zero attached hydrogens (tertiary/aromatic N) is 1. The fourth-order valence-corrected chi connectivity index (χ4v) is 2.81. The van der Waals surface area contributed by atoms with E-state index in [2.05, 4.69) is 22.6 Å². The zero-order valence-corrected chi connectivity index (χ0v) is 12.3. The zero-order chi connectivity index (χ0) is 13.0. The molecule has 0 fully saturated rings. The summed E-state index contributed by atoms with van der Waals surface area (Å²) in [5.74, 6) is 0. The summed E-state index contributed by atoms with van der Waals surface area (Å²) in [5, 5.41) is 6.73. The van der Waals surface area contributed by atoms with E-state index in [0.29, 0.717) is 10.0 Å². The molecule has 0 bridgehead atoms. The molecule has 96 valence electrons. The second-order valence-corrected chi connectivity index (χ2v) is 5.55. The number of benzene rings is 1. The first kappa shape index (κ1) is 13.8. The van der Waals surface area contributed by atoms with Gasteiger partial charge < -0.3 is 5.32 Å². The maximum atomic E-state index is 6.18. The van der Waals surface area contributed by atoms with Crippen molar-refractivity contribution >= 4 is 34.5 Å². The van der Waals surface area contributed by atoms with Gasteiger partial charge in [0.15, 0.2) is 0 Å². The van der Waals surface area contributed by atoms with Crippen molar-refractivity contribution in [1.82, 2.24) is 10.3 Å². The van der Waals surface area contributed by atoms with Gasteiger partial charge in [0.25, 0.3) is 0 Å². The molecule has 0 aliphatic carbocycles. The maximum absolute atomic E-state index is 6.18. The number of rotatable bonds is 5. The molecule has 1 heterocycles. The first-order chi connectivity index (χ1) is 8.68. The molecule has 2 nitrogen and oxygen atoms in total. The monoisotopic (exact) mass is 300 g/mol. The molecule has 0 radical (unpaired) electrons. The van der Waals surface area contributed by atoms with Crippen LogP contribution in [0.15, 0.2) is 29.1 Å². The highest BCUT2D eigenvalue weighted by Crippen LogP contribution is 2.29. The largest absolute Gasteiger partial charge is 0.310 e. The lowest BCUT2D eigenvalue weighted by molar-refractivity contribution is 0.574. The lowest BCUT2D eigenvalue weighted by Crippen LogP contribution is -2.21. The fraction of sp³-hybridized carbons (Fsp3) is 0.308. The van der Waals surface area contributed by atoms with E-state index in [0.717, 1.165) is 24.2 Å². The smallest absolute Gasteiger partial charge is 0.0794 e. The zero-order valence-electron chi connectivity index (χ0n) is 9.99. The molecule has 1 unspecified atom stereocenters. The van der Waals surface area contributed by atoms with Crippen molar-refractivity contribution in [3.63, 3.8) is 0 Å². The third-order valence-corrected chi connectivity index (χ3v) is 4.23. The second kappa shape index (κ2) is 6.53. The van der Waals surface area contributed by atoms with Gasteiger partial charge in [-0.05, 0) is 18.6 Å². The Hall–Kier alpha value is -0.610. The minimum absolute atomic E-state index is 0.176.